The number of carbonyl (C=O) groups excluding carboxylic acids is 3. The second-order valence-electron chi connectivity index (χ2n) is 20.9. The molecule has 0 aliphatic carbocycles. The average Bonchev–Trinajstić information content (AvgIpc) is 3.41. The van der Waals surface area contributed by atoms with Gasteiger partial charge in [-0.05, 0) is 109 Å². The Bertz CT molecular complexity index is 1480. The standard InChI is InChI=1S/C69H118O6/c1-4-7-10-13-16-19-22-25-27-29-31-32-33-34-35-36-38-39-41-44-47-50-53-56-59-62-68(71)74-65-66(64-73-67(70)61-58-55-52-49-46-43-24-21-18-15-12-9-6-3)75-69(72)63-60-57-54-51-48-45-42-40-37-30-28-26-23-20-17-14-11-8-5-2/h9,12,17-18,20-22,25-26,28-29,31,43,46,52,55,66H,4-8,10-11,13-16,19,23-24,27,30,32-42,44-45,47-51,53-54,56-65H2,1-3H3/b12-9-,20-17-,21-18-,25-22-,28-26-,31-29-,46-43-,55-52-. The minimum absolute atomic E-state index is 0.101. The third-order valence-electron chi connectivity index (χ3n) is 13.6. The first-order chi connectivity index (χ1) is 37.0. The van der Waals surface area contributed by atoms with Crippen LogP contribution in [0.4, 0.5) is 0 Å². The van der Waals surface area contributed by atoms with Gasteiger partial charge in [0.1, 0.15) is 13.2 Å². The summed E-state index contributed by atoms with van der Waals surface area (Å²) in [6, 6.07) is 0. The second kappa shape index (κ2) is 62.9. The Balaban J connectivity index is 4.34. The molecule has 0 spiro atoms. The molecule has 0 aromatic heterocycles. The Morgan fingerprint density at radius 3 is 0.920 bits per heavy atom. The molecule has 0 aromatic carbocycles. The van der Waals surface area contributed by atoms with E-state index in [1.807, 2.05) is 6.08 Å². The van der Waals surface area contributed by atoms with Crippen LogP contribution in [0.25, 0.3) is 0 Å². The summed E-state index contributed by atoms with van der Waals surface area (Å²) in [6.07, 6.45) is 84.3. The van der Waals surface area contributed by atoms with Gasteiger partial charge in [-0.2, -0.15) is 0 Å². The van der Waals surface area contributed by atoms with Gasteiger partial charge in [-0.3, -0.25) is 14.4 Å². The molecule has 430 valence electrons. The largest absolute Gasteiger partial charge is 0.462 e. The Kier molecular flexibility index (Phi) is 59.8. The van der Waals surface area contributed by atoms with Crippen molar-refractivity contribution < 1.29 is 28.6 Å². The van der Waals surface area contributed by atoms with Crippen LogP contribution in [0.15, 0.2) is 97.2 Å². The molecular formula is C69H118O6. The maximum absolute atomic E-state index is 12.9. The molecule has 75 heavy (non-hydrogen) atoms. The molecule has 0 aliphatic heterocycles. The number of carbonyl (C=O) groups is 3. The lowest BCUT2D eigenvalue weighted by molar-refractivity contribution is -0.166. The van der Waals surface area contributed by atoms with Gasteiger partial charge in [0.15, 0.2) is 6.10 Å². The summed E-state index contributed by atoms with van der Waals surface area (Å²) in [7, 11) is 0. The van der Waals surface area contributed by atoms with Crippen LogP contribution in [-0.2, 0) is 28.6 Å². The molecule has 0 aromatic rings. The molecule has 0 radical (unpaired) electrons. The molecule has 1 unspecified atom stereocenters. The minimum Gasteiger partial charge on any atom is -0.462 e. The molecule has 1 atom stereocenters. The monoisotopic (exact) mass is 1040 g/mol. The zero-order chi connectivity index (χ0) is 54.3. The molecule has 0 rings (SSSR count). The molecule has 0 heterocycles. The summed E-state index contributed by atoms with van der Waals surface area (Å²) in [4.78, 5) is 38.2. The first kappa shape index (κ1) is 71.3. The highest BCUT2D eigenvalue weighted by atomic mass is 16.6. The molecule has 0 bridgehead atoms. The van der Waals surface area contributed by atoms with E-state index in [0.717, 1.165) is 77.0 Å². The highest BCUT2D eigenvalue weighted by Gasteiger charge is 2.19. The maximum atomic E-state index is 12.9. The van der Waals surface area contributed by atoms with Crippen LogP contribution in [0.1, 0.15) is 303 Å². The van der Waals surface area contributed by atoms with Crippen LogP contribution in [0.3, 0.4) is 0 Å². The van der Waals surface area contributed by atoms with Crippen LogP contribution in [-0.4, -0.2) is 37.2 Å². The highest BCUT2D eigenvalue weighted by molar-refractivity contribution is 5.71. The van der Waals surface area contributed by atoms with Gasteiger partial charge in [-0.15, -0.1) is 0 Å². The fraction of sp³-hybridized carbons (Fsp3) is 0.725. The smallest absolute Gasteiger partial charge is 0.306 e. The van der Waals surface area contributed by atoms with Gasteiger partial charge in [0, 0.05) is 19.3 Å². The van der Waals surface area contributed by atoms with Crippen LogP contribution in [0.2, 0.25) is 0 Å². The summed E-state index contributed by atoms with van der Waals surface area (Å²) < 4.78 is 16.8. The summed E-state index contributed by atoms with van der Waals surface area (Å²) in [5.41, 5.74) is 0. The van der Waals surface area contributed by atoms with Crippen molar-refractivity contribution in [3.05, 3.63) is 97.2 Å². The van der Waals surface area contributed by atoms with E-state index in [2.05, 4.69) is 112 Å². The Labute approximate surface area is 464 Å². The minimum atomic E-state index is -0.810. The summed E-state index contributed by atoms with van der Waals surface area (Å²) in [5, 5.41) is 0. The van der Waals surface area contributed by atoms with Gasteiger partial charge >= 0.3 is 17.9 Å². The van der Waals surface area contributed by atoms with E-state index in [1.165, 1.54) is 180 Å². The average molecular weight is 1040 g/mol. The zero-order valence-electron chi connectivity index (χ0n) is 49.3. The lowest BCUT2D eigenvalue weighted by Gasteiger charge is -2.18. The Hall–Kier alpha value is -3.67. The first-order valence-corrected chi connectivity index (χ1v) is 31.7. The van der Waals surface area contributed by atoms with Crippen molar-refractivity contribution in [2.45, 2.75) is 309 Å². The van der Waals surface area contributed by atoms with Crippen molar-refractivity contribution in [1.29, 1.82) is 0 Å². The van der Waals surface area contributed by atoms with Crippen LogP contribution in [0, 0.1) is 0 Å². The van der Waals surface area contributed by atoms with Gasteiger partial charge in [0.2, 0.25) is 0 Å². The zero-order valence-corrected chi connectivity index (χ0v) is 49.3. The lowest BCUT2D eigenvalue weighted by Crippen LogP contribution is -2.30. The number of hydrogen-bond donors (Lipinski definition) is 0. The number of ether oxygens (including phenoxy) is 3. The van der Waals surface area contributed by atoms with Crippen molar-refractivity contribution >= 4 is 17.9 Å². The number of rotatable bonds is 57. The SMILES string of the molecule is CC/C=C\C/C=C\C/C=C\C/C=C\CCC(=O)OCC(COC(=O)CCCCCCCCCCCCCCC/C=C\C/C=C\CCCCCCC)OC(=O)CCCCCCCCCCC/C=C\C/C=C\CCCCC. The highest BCUT2D eigenvalue weighted by Crippen LogP contribution is 2.16. The van der Waals surface area contributed by atoms with Crippen molar-refractivity contribution in [1.82, 2.24) is 0 Å². The van der Waals surface area contributed by atoms with Gasteiger partial charge in [-0.25, -0.2) is 0 Å². The molecule has 0 amide bonds. The molecular weight excluding hydrogens is 925 g/mol. The van der Waals surface area contributed by atoms with E-state index < -0.39 is 6.10 Å². The number of allylic oxidation sites excluding steroid dienone is 16. The molecule has 0 N–H and O–H groups in total. The van der Waals surface area contributed by atoms with Gasteiger partial charge < -0.3 is 14.2 Å². The summed E-state index contributed by atoms with van der Waals surface area (Å²) in [6.45, 7) is 6.44. The second-order valence-corrected chi connectivity index (χ2v) is 20.9. The topological polar surface area (TPSA) is 78.9 Å². The number of esters is 3. The molecule has 0 fully saturated rings. The van der Waals surface area contributed by atoms with Gasteiger partial charge in [-0.1, -0.05) is 272 Å². The molecule has 0 aliphatic rings. The van der Waals surface area contributed by atoms with E-state index in [9.17, 15) is 14.4 Å². The van der Waals surface area contributed by atoms with Crippen molar-refractivity contribution in [3.63, 3.8) is 0 Å². The third kappa shape index (κ3) is 61.1. The molecule has 6 heteroatoms. The molecule has 0 saturated heterocycles. The predicted molar refractivity (Wildman–Crippen MR) is 325 cm³/mol. The Morgan fingerprint density at radius 2 is 0.547 bits per heavy atom. The van der Waals surface area contributed by atoms with E-state index in [-0.39, 0.29) is 37.5 Å². The quantitative estimate of drug-likeness (QED) is 0.0261. The van der Waals surface area contributed by atoms with Gasteiger partial charge in [0.25, 0.3) is 0 Å². The first-order valence-electron chi connectivity index (χ1n) is 31.7. The number of hydrogen-bond acceptors (Lipinski definition) is 6. The lowest BCUT2D eigenvalue weighted by atomic mass is 10.0. The fourth-order valence-electron chi connectivity index (χ4n) is 8.81. The van der Waals surface area contributed by atoms with Gasteiger partial charge in [0.05, 0.1) is 0 Å². The van der Waals surface area contributed by atoms with E-state index >= 15 is 0 Å². The molecule has 0 saturated carbocycles. The van der Waals surface area contributed by atoms with E-state index in [0.29, 0.717) is 19.3 Å². The summed E-state index contributed by atoms with van der Waals surface area (Å²) >= 11 is 0. The molecule has 6 nitrogen and oxygen atoms in total. The van der Waals surface area contributed by atoms with Crippen LogP contribution in [0.5, 0.6) is 0 Å². The predicted octanol–water partition coefficient (Wildman–Crippen LogP) is 21.7. The fourth-order valence-corrected chi connectivity index (χ4v) is 8.81. The van der Waals surface area contributed by atoms with E-state index in [1.54, 1.807) is 0 Å². The number of unbranched alkanes of at least 4 members (excludes halogenated alkanes) is 30. The van der Waals surface area contributed by atoms with Crippen LogP contribution >= 0.6 is 0 Å². The van der Waals surface area contributed by atoms with Crippen molar-refractivity contribution in [3.8, 4) is 0 Å². The Morgan fingerprint density at radius 1 is 0.280 bits per heavy atom. The third-order valence-corrected chi connectivity index (χ3v) is 13.6. The maximum Gasteiger partial charge on any atom is 0.306 e. The van der Waals surface area contributed by atoms with Crippen molar-refractivity contribution in [2.24, 2.45) is 0 Å². The summed E-state index contributed by atoms with van der Waals surface area (Å²) in [5.74, 6) is -0.983. The van der Waals surface area contributed by atoms with Crippen LogP contribution < -0.4 is 0 Å². The van der Waals surface area contributed by atoms with Crippen molar-refractivity contribution in [2.75, 3.05) is 13.2 Å². The normalized spacial score (nSPS) is 12.7. The van der Waals surface area contributed by atoms with E-state index in [4.69, 9.17) is 14.2 Å².